The van der Waals surface area contributed by atoms with Gasteiger partial charge in [-0.15, -0.1) is 5.10 Å². The molecule has 106 valence electrons. The van der Waals surface area contributed by atoms with Gasteiger partial charge in [0.05, 0.1) is 5.71 Å². The van der Waals surface area contributed by atoms with Crippen LogP contribution in [0.2, 0.25) is 0 Å². The lowest BCUT2D eigenvalue weighted by Crippen LogP contribution is -2.26. The molecule has 1 aliphatic heterocycles. The van der Waals surface area contributed by atoms with Crippen LogP contribution >= 0.6 is 0 Å². The van der Waals surface area contributed by atoms with E-state index in [1.807, 2.05) is 30.3 Å². The van der Waals surface area contributed by atoms with Crippen LogP contribution in [0.15, 0.2) is 58.7 Å². The maximum atomic E-state index is 14.0. The standard InChI is InChI=1S/C16H13F2N3/c17-13-8-4-7-11(15(13)18)16-12(9-14(19)20-21-16)10-5-2-1-3-6-10/h1-8,12H,9H2,(H2,19,20). The highest BCUT2D eigenvalue weighted by atomic mass is 19.2. The van der Waals surface area contributed by atoms with Crippen molar-refractivity contribution in [2.24, 2.45) is 15.9 Å². The number of rotatable bonds is 2. The van der Waals surface area contributed by atoms with Crippen molar-refractivity contribution < 1.29 is 8.78 Å². The van der Waals surface area contributed by atoms with E-state index in [1.165, 1.54) is 12.1 Å². The topological polar surface area (TPSA) is 50.7 Å². The summed E-state index contributed by atoms with van der Waals surface area (Å²) < 4.78 is 27.5. The molecule has 2 aromatic carbocycles. The number of benzene rings is 2. The van der Waals surface area contributed by atoms with Gasteiger partial charge in [-0.2, -0.15) is 5.10 Å². The molecule has 1 heterocycles. The molecule has 0 aliphatic carbocycles. The van der Waals surface area contributed by atoms with Crippen LogP contribution in [-0.2, 0) is 0 Å². The first-order valence-corrected chi connectivity index (χ1v) is 6.56. The summed E-state index contributed by atoms with van der Waals surface area (Å²) in [6.45, 7) is 0. The van der Waals surface area contributed by atoms with Gasteiger partial charge in [-0.25, -0.2) is 8.78 Å². The minimum absolute atomic E-state index is 0.125. The van der Waals surface area contributed by atoms with Crippen LogP contribution in [0, 0.1) is 11.6 Å². The summed E-state index contributed by atoms with van der Waals surface area (Å²) in [5, 5.41) is 7.84. The summed E-state index contributed by atoms with van der Waals surface area (Å²) in [7, 11) is 0. The fourth-order valence-electron chi connectivity index (χ4n) is 2.44. The van der Waals surface area contributed by atoms with Crippen molar-refractivity contribution in [3.05, 3.63) is 71.3 Å². The Morgan fingerprint density at radius 1 is 0.952 bits per heavy atom. The van der Waals surface area contributed by atoms with Gasteiger partial charge in [0.2, 0.25) is 0 Å². The number of nitrogens with two attached hydrogens (primary N) is 1. The molecule has 2 N–H and O–H groups in total. The van der Waals surface area contributed by atoms with Gasteiger partial charge in [0.25, 0.3) is 0 Å². The Kier molecular flexibility index (Phi) is 3.48. The quantitative estimate of drug-likeness (QED) is 0.905. The summed E-state index contributed by atoms with van der Waals surface area (Å²) in [5.41, 5.74) is 7.21. The molecule has 1 unspecified atom stereocenters. The monoisotopic (exact) mass is 285 g/mol. The Labute approximate surface area is 120 Å². The molecule has 3 nitrogen and oxygen atoms in total. The van der Waals surface area contributed by atoms with Crippen molar-refractivity contribution in [1.82, 2.24) is 0 Å². The summed E-state index contributed by atoms with van der Waals surface area (Å²) in [6.07, 6.45) is 0.429. The SMILES string of the molecule is NC1=NN=C(c2cccc(F)c2F)C(c2ccccc2)C1. The van der Waals surface area contributed by atoms with Gasteiger partial charge in [-0.1, -0.05) is 36.4 Å². The fourth-order valence-corrected chi connectivity index (χ4v) is 2.44. The summed E-state index contributed by atoms with van der Waals surface area (Å²) in [6, 6.07) is 13.5. The van der Waals surface area contributed by atoms with E-state index in [2.05, 4.69) is 10.2 Å². The molecular formula is C16H13F2N3. The minimum Gasteiger partial charge on any atom is -0.386 e. The lowest BCUT2D eigenvalue weighted by Gasteiger charge is -2.22. The molecule has 0 amide bonds. The van der Waals surface area contributed by atoms with E-state index in [9.17, 15) is 8.78 Å². The first-order chi connectivity index (χ1) is 10.2. The van der Waals surface area contributed by atoms with E-state index in [0.717, 1.165) is 11.6 Å². The molecule has 5 heteroatoms. The number of nitrogens with zero attached hydrogens (tertiary/aromatic N) is 2. The predicted molar refractivity (Wildman–Crippen MR) is 78.3 cm³/mol. The van der Waals surface area contributed by atoms with E-state index in [4.69, 9.17) is 5.73 Å². The predicted octanol–water partition coefficient (Wildman–Crippen LogP) is 3.21. The number of amidine groups is 1. The highest BCUT2D eigenvalue weighted by molar-refractivity contribution is 6.08. The second-order valence-corrected chi connectivity index (χ2v) is 4.85. The first kappa shape index (κ1) is 13.4. The molecule has 1 atom stereocenters. The largest absolute Gasteiger partial charge is 0.386 e. The number of halogens is 2. The number of hydrogen-bond acceptors (Lipinski definition) is 3. The zero-order chi connectivity index (χ0) is 14.8. The maximum Gasteiger partial charge on any atom is 0.167 e. The van der Waals surface area contributed by atoms with Crippen molar-refractivity contribution in [2.75, 3.05) is 0 Å². The Morgan fingerprint density at radius 2 is 1.71 bits per heavy atom. The maximum absolute atomic E-state index is 14.0. The third-order valence-electron chi connectivity index (χ3n) is 3.46. The van der Waals surface area contributed by atoms with Crippen LogP contribution in [0.3, 0.4) is 0 Å². The van der Waals surface area contributed by atoms with Gasteiger partial charge in [0.1, 0.15) is 5.84 Å². The Morgan fingerprint density at radius 3 is 2.48 bits per heavy atom. The van der Waals surface area contributed by atoms with Gasteiger partial charge in [0.15, 0.2) is 11.6 Å². The zero-order valence-electron chi connectivity index (χ0n) is 11.1. The van der Waals surface area contributed by atoms with Crippen molar-refractivity contribution in [1.29, 1.82) is 0 Å². The number of hydrogen-bond donors (Lipinski definition) is 1. The van der Waals surface area contributed by atoms with Crippen molar-refractivity contribution >= 4 is 11.5 Å². The molecule has 21 heavy (non-hydrogen) atoms. The van der Waals surface area contributed by atoms with E-state index in [0.29, 0.717) is 18.0 Å². The second kappa shape index (κ2) is 5.44. The molecule has 3 rings (SSSR count). The van der Waals surface area contributed by atoms with E-state index < -0.39 is 11.6 Å². The van der Waals surface area contributed by atoms with Gasteiger partial charge in [0, 0.05) is 17.9 Å². The molecule has 0 bridgehead atoms. The smallest absolute Gasteiger partial charge is 0.167 e. The van der Waals surface area contributed by atoms with Crippen LogP contribution in [-0.4, -0.2) is 11.5 Å². The van der Waals surface area contributed by atoms with Crippen molar-refractivity contribution in [3.8, 4) is 0 Å². The fraction of sp³-hybridized carbons (Fsp3) is 0.125. The third-order valence-corrected chi connectivity index (χ3v) is 3.46. The van der Waals surface area contributed by atoms with Crippen LogP contribution in [0.1, 0.15) is 23.5 Å². The van der Waals surface area contributed by atoms with Gasteiger partial charge in [-0.3, -0.25) is 0 Å². The normalized spacial score (nSPS) is 18.1. The van der Waals surface area contributed by atoms with Crippen LogP contribution in [0.25, 0.3) is 0 Å². The second-order valence-electron chi connectivity index (χ2n) is 4.85. The summed E-state index contributed by atoms with van der Waals surface area (Å²) >= 11 is 0. The molecule has 0 radical (unpaired) electrons. The molecule has 0 spiro atoms. The Hall–Kier alpha value is -2.56. The lowest BCUT2D eigenvalue weighted by molar-refractivity contribution is 0.506. The zero-order valence-corrected chi connectivity index (χ0v) is 11.1. The van der Waals surface area contributed by atoms with E-state index in [1.54, 1.807) is 0 Å². The molecule has 0 saturated heterocycles. The average Bonchev–Trinajstić information content (AvgIpc) is 2.51. The van der Waals surface area contributed by atoms with Gasteiger partial charge >= 0.3 is 0 Å². The van der Waals surface area contributed by atoms with Gasteiger partial charge < -0.3 is 5.73 Å². The highest BCUT2D eigenvalue weighted by Crippen LogP contribution is 2.29. The van der Waals surface area contributed by atoms with Crippen LogP contribution in [0.5, 0.6) is 0 Å². The van der Waals surface area contributed by atoms with E-state index >= 15 is 0 Å². The van der Waals surface area contributed by atoms with Crippen molar-refractivity contribution in [3.63, 3.8) is 0 Å². The first-order valence-electron chi connectivity index (χ1n) is 6.56. The average molecular weight is 285 g/mol. The third kappa shape index (κ3) is 2.54. The van der Waals surface area contributed by atoms with Crippen LogP contribution < -0.4 is 5.73 Å². The molecule has 0 aromatic heterocycles. The van der Waals surface area contributed by atoms with Gasteiger partial charge in [-0.05, 0) is 17.7 Å². The van der Waals surface area contributed by atoms with Crippen LogP contribution in [0.4, 0.5) is 8.78 Å². The summed E-state index contributed by atoms with van der Waals surface area (Å²) in [5.74, 6) is -1.66. The Bertz CT molecular complexity index is 724. The molecule has 0 saturated carbocycles. The lowest BCUT2D eigenvalue weighted by atomic mass is 9.86. The molecule has 0 fully saturated rings. The molecular weight excluding hydrogens is 272 g/mol. The van der Waals surface area contributed by atoms with E-state index in [-0.39, 0.29) is 11.5 Å². The Balaban J connectivity index is 2.11. The van der Waals surface area contributed by atoms with Crippen molar-refractivity contribution in [2.45, 2.75) is 12.3 Å². The highest BCUT2D eigenvalue weighted by Gasteiger charge is 2.27. The summed E-state index contributed by atoms with van der Waals surface area (Å²) in [4.78, 5) is 0. The molecule has 1 aliphatic rings. The minimum atomic E-state index is -0.909. The molecule has 2 aromatic rings.